The molecule has 0 atom stereocenters. The van der Waals surface area contributed by atoms with Crippen LogP contribution in [-0.4, -0.2) is 25.9 Å². The normalized spacial score (nSPS) is 11.0. The van der Waals surface area contributed by atoms with Gasteiger partial charge in [0.15, 0.2) is 0 Å². The second-order valence-electron chi connectivity index (χ2n) is 6.94. The highest BCUT2D eigenvalue weighted by atomic mass is 79.9. The maximum atomic E-state index is 13.2. The molecule has 158 valence electrons. The molecule has 0 radical (unpaired) electrons. The molecular weight excluding hydrogens is 461 g/mol. The first-order chi connectivity index (χ1) is 14.8. The molecule has 2 N–H and O–H groups in total. The lowest BCUT2D eigenvalue weighted by atomic mass is 10.1. The lowest BCUT2D eigenvalue weighted by Crippen LogP contribution is -2.31. The van der Waals surface area contributed by atoms with Crippen LogP contribution in [0.1, 0.15) is 15.9 Å². The number of hydrogen-bond donors (Lipinski definition) is 2. The molecule has 3 rings (SSSR count). The number of halogens is 2. The minimum atomic E-state index is -0.524. The number of carbonyl (C=O) groups excluding carboxylic acids is 2. The van der Waals surface area contributed by atoms with Gasteiger partial charge in [0.1, 0.15) is 11.5 Å². The third-order valence-corrected chi connectivity index (χ3v) is 5.13. The molecule has 0 aromatic heterocycles. The Labute approximate surface area is 188 Å². The fraction of sp³-hybridized carbons (Fsp3) is 0.0833. The summed E-state index contributed by atoms with van der Waals surface area (Å²) in [4.78, 5) is 27.7. The van der Waals surface area contributed by atoms with E-state index < -0.39 is 17.6 Å². The van der Waals surface area contributed by atoms with E-state index in [1.807, 2.05) is 43.3 Å². The number of benzene rings is 3. The number of nitrogens with one attached hydrogen (secondary N) is 2. The van der Waals surface area contributed by atoms with Crippen molar-refractivity contribution in [1.29, 1.82) is 0 Å². The number of nitrogens with zero attached hydrogens (tertiary/aromatic N) is 1. The first-order valence-corrected chi connectivity index (χ1v) is 10.2. The Balaban J connectivity index is 1.90. The van der Waals surface area contributed by atoms with E-state index in [-0.39, 0.29) is 5.70 Å². The molecule has 0 fully saturated rings. The maximum absolute atomic E-state index is 13.2. The predicted octanol–water partition coefficient (Wildman–Crippen LogP) is 5.06. The summed E-state index contributed by atoms with van der Waals surface area (Å²) in [6.07, 6.45) is 1.59. The third-order valence-electron chi connectivity index (χ3n) is 4.43. The average Bonchev–Trinajstić information content (AvgIpc) is 2.75. The summed E-state index contributed by atoms with van der Waals surface area (Å²) < 4.78 is 13.8. The van der Waals surface area contributed by atoms with Crippen molar-refractivity contribution in [2.45, 2.75) is 0 Å². The van der Waals surface area contributed by atoms with Crippen LogP contribution in [0, 0.1) is 5.82 Å². The van der Waals surface area contributed by atoms with Crippen molar-refractivity contribution in [3.05, 3.63) is 99.9 Å². The highest BCUT2D eigenvalue weighted by molar-refractivity contribution is 9.10. The zero-order valence-electron chi connectivity index (χ0n) is 17.0. The second kappa shape index (κ2) is 10.0. The van der Waals surface area contributed by atoms with Gasteiger partial charge in [-0.1, -0.05) is 24.3 Å². The van der Waals surface area contributed by atoms with E-state index >= 15 is 0 Å². The van der Waals surface area contributed by atoms with Crippen molar-refractivity contribution in [2.75, 3.05) is 24.3 Å². The minimum absolute atomic E-state index is 0.0580. The molecule has 0 spiro atoms. The van der Waals surface area contributed by atoms with E-state index in [1.165, 1.54) is 24.3 Å². The molecule has 0 aliphatic rings. The maximum Gasteiger partial charge on any atom is 0.272 e. The van der Waals surface area contributed by atoms with Crippen LogP contribution >= 0.6 is 15.9 Å². The Morgan fingerprint density at radius 1 is 0.935 bits per heavy atom. The number of amides is 2. The van der Waals surface area contributed by atoms with Crippen molar-refractivity contribution in [1.82, 2.24) is 5.32 Å². The monoisotopic (exact) mass is 481 g/mol. The Hall–Kier alpha value is -3.45. The molecule has 7 heteroatoms. The Morgan fingerprint density at radius 3 is 2.19 bits per heavy atom. The average molecular weight is 482 g/mol. The summed E-state index contributed by atoms with van der Waals surface area (Å²) in [6.45, 7) is 0. The van der Waals surface area contributed by atoms with Crippen LogP contribution in [-0.2, 0) is 4.79 Å². The van der Waals surface area contributed by atoms with E-state index in [4.69, 9.17) is 0 Å². The zero-order chi connectivity index (χ0) is 22.4. The summed E-state index contributed by atoms with van der Waals surface area (Å²) in [5.74, 6) is -1.36. The van der Waals surface area contributed by atoms with Crippen LogP contribution < -0.4 is 15.5 Å². The van der Waals surface area contributed by atoms with Gasteiger partial charge in [-0.2, -0.15) is 0 Å². The lowest BCUT2D eigenvalue weighted by molar-refractivity contribution is -0.113. The van der Waals surface area contributed by atoms with Gasteiger partial charge in [-0.25, -0.2) is 4.39 Å². The highest BCUT2D eigenvalue weighted by Crippen LogP contribution is 2.18. The molecule has 0 heterocycles. The molecule has 0 aliphatic carbocycles. The van der Waals surface area contributed by atoms with E-state index in [2.05, 4.69) is 26.6 Å². The lowest BCUT2D eigenvalue weighted by Gasteiger charge is -2.14. The molecule has 0 unspecified atom stereocenters. The van der Waals surface area contributed by atoms with Crippen LogP contribution in [0.3, 0.4) is 0 Å². The molecule has 0 bridgehead atoms. The van der Waals surface area contributed by atoms with Gasteiger partial charge < -0.3 is 15.5 Å². The second-order valence-corrected chi connectivity index (χ2v) is 7.79. The SMILES string of the molecule is CN(C)c1ccc(/C=C(/NC(=O)c2ccccc2Br)C(=O)Nc2ccc(F)cc2)cc1. The summed E-state index contributed by atoms with van der Waals surface area (Å²) in [6, 6.07) is 19.9. The van der Waals surface area contributed by atoms with Gasteiger partial charge in [-0.15, -0.1) is 0 Å². The quantitative estimate of drug-likeness (QED) is 0.483. The van der Waals surface area contributed by atoms with E-state index in [0.717, 1.165) is 11.3 Å². The van der Waals surface area contributed by atoms with Crippen molar-refractivity contribution in [2.24, 2.45) is 0 Å². The fourth-order valence-corrected chi connectivity index (χ4v) is 3.23. The van der Waals surface area contributed by atoms with Gasteiger partial charge >= 0.3 is 0 Å². The van der Waals surface area contributed by atoms with Crippen LogP contribution in [0.2, 0.25) is 0 Å². The number of rotatable bonds is 6. The number of anilines is 2. The molecule has 2 amide bonds. The smallest absolute Gasteiger partial charge is 0.272 e. The van der Waals surface area contributed by atoms with Crippen molar-refractivity contribution >= 4 is 45.2 Å². The minimum Gasteiger partial charge on any atom is -0.378 e. The molecule has 0 saturated carbocycles. The van der Waals surface area contributed by atoms with Crippen LogP contribution in [0.15, 0.2) is 83.0 Å². The van der Waals surface area contributed by atoms with Gasteiger partial charge in [0, 0.05) is 29.9 Å². The Kier molecular flexibility index (Phi) is 7.20. The standard InChI is InChI=1S/C24H21BrFN3O2/c1-29(2)19-13-7-16(8-14-19)15-22(24(31)27-18-11-9-17(26)10-12-18)28-23(30)20-5-3-4-6-21(20)25/h3-15H,1-2H3,(H,27,31)(H,28,30)/b22-15+. The number of hydrogen-bond acceptors (Lipinski definition) is 3. The Bertz CT molecular complexity index is 1110. The third kappa shape index (κ3) is 6.02. The molecule has 0 saturated heterocycles. The van der Waals surface area contributed by atoms with Gasteiger partial charge in [0.25, 0.3) is 11.8 Å². The summed E-state index contributed by atoms with van der Waals surface area (Å²) >= 11 is 3.35. The first kappa shape index (κ1) is 22.2. The molecule has 31 heavy (non-hydrogen) atoms. The van der Waals surface area contributed by atoms with Gasteiger partial charge in [-0.3, -0.25) is 9.59 Å². The van der Waals surface area contributed by atoms with Crippen molar-refractivity contribution < 1.29 is 14.0 Å². The highest BCUT2D eigenvalue weighted by Gasteiger charge is 2.16. The summed E-state index contributed by atoms with van der Waals surface area (Å²) in [5, 5.41) is 5.37. The van der Waals surface area contributed by atoms with E-state index in [1.54, 1.807) is 30.3 Å². The van der Waals surface area contributed by atoms with Crippen molar-refractivity contribution in [3.63, 3.8) is 0 Å². The zero-order valence-corrected chi connectivity index (χ0v) is 18.6. The predicted molar refractivity (Wildman–Crippen MR) is 125 cm³/mol. The fourth-order valence-electron chi connectivity index (χ4n) is 2.76. The van der Waals surface area contributed by atoms with Gasteiger partial charge in [0.05, 0.1) is 5.56 Å². The molecular formula is C24H21BrFN3O2. The number of carbonyl (C=O) groups is 2. The summed E-state index contributed by atoms with van der Waals surface area (Å²) in [5.41, 5.74) is 2.61. The summed E-state index contributed by atoms with van der Waals surface area (Å²) in [7, 11) is 3.87. The van der Waals surface area contributed by atoms with Crippen LogP contribution in [0.5, 0.6) is 0 Å². The van der Waals surface area contributed by atoms with E-state index in [0.29, 0.717) is 15.7 Å². The topological polar surface area (TPSA) is 61.4 Å². The van der Waals surface area contributed by atoms with Crippen LogP contribution in [0.4, 0.5) is 15.8 Å². The van der Waals surface area contributed by atoms with Crippen LogP contribution in [0.25, 0.3) is 6.08 Å². The van der Waals surface area contributed by atoms with Gasteiger partial charge in [-0.05, 0) is 76.1 Å². The van der Waals surface area contributed by atoms with E-state index in [9.17, 15) is 14.0 Å². The molecule has 3 aromatic carbocycles. The molecule has 3 aromatic rings. The van der Waals surface area contributed by atoms with Gasteiger partial charge in [0.2, 0.25) is 0 Å². The first-order valence-electron chi connectivity index (χ1n) is 9.45. The largest absolute Gasteiger partial charge is 0.378 e. The Morgan fingerprint density at radius 2 is 1.58 bits per heavy atom. The van der Waals surface area contributed by atoms with Crippen molar-refractivity contribution in [3.8, 4) is 0 Å². The molecule has 0 aliphatic heterocycles. The molecule has 5 nitrogen and oxygen atoms in total.